The molecule has 0 atom stereocenters. The van der Waals surface area contributed by atoms with Gasteiger partial charge in [0.25, 0.3) is 5.91 Å². The monoisotopic (exact) mass is 368 g/mol. The third-order valence-electron chi connectivity index (χ3n) is 3.69. The van der Waals surface area contributed by atoms with Crippen LogP contribution in [0, 0.1) is 11.6 Å². The maximum Gasteiger partial charge on any atom is 0.277 e. The number of benzene rings is 2. The summed E-state index contributed by atoms with van der Waals surface area (Å²) in [4.78, 5) is 12.4. The molecule has 0 aliphatic heterocycles. The van der Waals surface area contributed by atoms with Crippen LogP contribution in [0.2, 0.25) is 0 Å². The summed E-state index contributed by atoms with van der Waals surface area (Å²) in [5, 5.41) is 16.7. The molecule has 4 rings (SSSR count). The quantitative estimate of drug-likeness (QED) is 0.595. The van der Waals surface area contributed by atoms with Gasteiger partial charge < -0.3 is 9.84 Å². The lowest BCUT2D eigenvalue weighted by atomic mass is 10.1. The lowest BCUT2D eigenvalue weighted by Crippen LogP contribution is -2.13. The molecule has 2 aromatic carbocycles. The number of anilines is 1. The highest BCUT2D eigenvalue weighted by Crippen LogP contribution is 2.24. The first-order valence-corrected chi connectivity index (χ1v) is 7.68. The summed E-state index contributed by atoms with van der Waals surface area (Å²) in [6.07, 6.45) is 1.33. The highest BCUT2D eigenvalue weighted by atomic mass is 19.1. The Kier molecular flexibility index (Phi) is 4.13. The number of nitrogens with zero attached hydrogens (tertiary/aromatic N) is 5. The summed E-state index contributed by atoms with van der Waals surface area (Å²) in [5.41, 5.74) is 0.392. The van der Waals surface area contributed by atoms with Crippen molar-refractivity contribution in [2.75, 3.05) is 5.32 Å². The van der Waals surface area contributed by atoms with E-state index < -0.39 is 17.5 Å². The molecule has 0 aliphatic rings. The normalized spacial score (nSPS) is 10.7. The molecule has 1 N–H and O–H groups in total. The summed E-state index contributed by atoms with van der Waals surface area (Å²) in [7, 11) is 0. The first-order valence-electron chi connectivity index (χ1n) is 7.68. The van der Waals surface area contributed by atoms with Gasteiger partial charge >= 0.3 is 0 Å². The minimum atomic E-state index is -0.714. The molecule has 27 heavy (non-hydrogen) atoms. The number of hydrogen-bond donors (Lipinski definition) is 1. The third-order valence-corrected chi connectivity index (χ3v) is 3.69. The predicted octanol–water partition coefficient (Wildman–Crippen LogP) is 2.85. The zero-order valence-corrected chi connectivity index (χ0v) is 13.5. The van der Waals surface area contributed by atoms with E-state index in [1.807, 2.05) is 0 Å². The van der Waals surface area contributed by atoms with Crippen molar-refractivity contribution in [1.29, 1.82) is 0 Å². The van der Waals surface area contributed by atoms with Gasteiger partial charge in [0.2, 0.25) is 0 Å². The van der Waals surface area contributed by atoms with Crippen molar-refractivity contribution in [2.24, 2.45) is 0 Å². The molecule has 0 aliphatic carbocycles. The molecule has 0 unspecified atom stereocenters. The van der Waals surface area contributed by atoms with Gasteiger partial charge in [-0.25, -0.2) is 13.5 Å². The number of aromatic nitrogens is 5. The van der Waals surface area contributed by atoms with E-state index in [-0.39, 0.29) is 22.7 Å². The van der Waals surface area contributed by atoms with Gasteiger partial charge in [-0.05, 0) is 40.8 Å². The average molecular weight is 368 g/mol. The molecule has 0 radical (unpaired) electrons. The molecule has 0 saturated heterocycles. The van der Waals surface area contributed by atoms with Crippen LogP contribution in [0.15, 0.2) is 59.4 Å². The van der Waals surface area contributed by atoms with Crippen molar-refractivity contribution >= 4 is 11.6 Å². The van der Waals surface area contributed by atoms with Crippen LogP contribution >= 0.6 is 0 Å². The first-order chi connectivity index (χ1) is 13.1. The number of hydrogen-bond acceptors (Lipinski definition) is 6. The molecule has 0 bridgehead atoms. The van der Waals surface area contributed by atoms with Gasteiger partial charge in [-0.15, -0.1) is 5.10 Å². The largest absolute Gasteiger partial charge is 0.355 e. The van der Waals surface area contributed by atoms with Gasteiger partial charge in [0, 0.05) is 6.07 Å². The number of carbonyl (C=O) groups is 1. The van der Waals surface area contributed by atoms with Crippen LogP contribution in [0.3, 0.4) is 0 Å². The fourth-order valence-electron chi connectivity index (χ4n) is 2.39. The Labute approximate surface area is 150 Å². The Morgan fingerprint density at radius 2 is 1.93 bits per heavy atom. The molecule has 134 valence electrons. The number of carbonyl (C=O) groups excluding carboxylic acids is 1. The second-order valence-electron chi connectivity index (χ2n) is 5.43. The van der Waals surface area contributed by atoms with E-state index in [2.05, 4.69) is 26.0 Å². The van der Waals surface area contributed by atoms with Crippen LogP contribution in [-0.4, -0.2) is 31.3 Å². The van der Waals surface area contributed by atoms with E-state index in [9.17, 15) is 13.6 Å². The van der Waals surface area contributed by atoms with Gasteiger partial charge in [0.1, 0.15) is 18.0 Å². The van der Waals surface area contributed by atoms with Gasteiger partial charge in [-0.3, -0.25) is 4.79 Å². The molecule has 0 fully saturated rings. The molecule has 0 saturated carbocycles. The Morgan fingerprint density at radius 1 is 1.07 bits per heavy atom. The van der Waals surface area contributed by atoms with E-state index in [0.717, 1.165) is 0 Å². The Bertz CT molecular complexity index is 1110. The highest BCUT2D eigenvalue weighted by molar-refractivity contribution is 6.03. The van der Waals surface area contributed by atoms with Crippen molar-refractivity contribution in [3.63, 3.8) is 0 Å². The zero-order chi connectivity index (χ0) is 18.8. The maximum absolute atomic E-state index is 14.0. The fraction of sp³-hybridized carbons (Fsp3) is 0. The van der Waals surface area contributed by atoms with Crippen LogP contribution < -0.4 is 5.32 Å². The zero-order valence-electron chi connectivity index (χ0n) is 13.5. The van der Waals surface area contributed by atoms with Gasteiger partial charge in [0.05, 0.1) is 16.9 Å². The SMILES string of the molecule is O=C(Nc1cc(-n2cnnn2)ccc1F)c1cc(-c2ccccc2F)on1. The average Bonchev–Trinajstić information content (AvgIpc) is 3.36. The number of nitrogens with one attached hydrogen (secondary N) is 1. The second-order valence-corrected chi connectivity index (χ2v) is 5.43. The Balaban J connectivity index is 1.58. The minimum absolute atomic E-state index is 0.0844. The second kappa shape index (κ2) is 6.75. The number of rotatable bonds is 4. The van der Waals surface area contributed by atoms with E-state index in [1.54, 1.807) is 6.07 Å². The molecule has 2 aromatic heterocycles. The van der Waals surface area contributed by atoms with Crippen molar-refractivity contribution < 1.29 is 18.1 Å². The third kappa shape index (κ3) is 3.27. The van der Waals surface area contributed by atoms with Gasteiger partial charge in [0.15, 0.2) is 11.5 Å². The van der Waals surface area contributed by atoms with E-state index in [0.29, 0.717) is 5.69 Å². The van der Waals surface area contributed by atoms with Crippen LogP contribution in [0.25, 0.3) is 17.0 Å². The molecule has 8 nitrogen and oxygen atoms in total. The molecule has 10 heteroatoms. The van der Waals surface area contributed by atoms with Gasteiger partial charge in [-0.1, -0.05) is 17.3 Å². The number of halogens is 2. The molecular formula is C17H10F2N6O2. The molecule has 1 amide bonds. The van der Waals surface area contributed by atoms with Crippen molar-refractivity contribution in [3.8, 4) is 17.0 Å². The van der Waals surface area contributed by atoms with Crippen LogP contribution in [0.4, 0.5) is 14.5 Å². The summed E-state index contributed by atoms with van der Waals surface area (Å²) >= 11 is 0. The van der Waals surface area contributed by atoms with Crippen molar-refractivity contribution in [3.05, 3.63) is 72.2 Å². The Hall–Kier alpha value is -3.95. The molecule has 0 spiro atoms. The molecule has 2 heterocycles. The van der Waals surface area contributed by atoms with Crippen LogP contribution in [0.1, 0.15) is 10.5 Å². The summed E-state index contributed by atoms with van der Waals surface area (Å²) in [6, 6.07) is 11.2. The summed E-state index contributed by atoms with van der Waals surface area (Å²) in [6.45, 7) is 0. The fourth-order valence-corrected chi connectivity index (χ4v) is 2.39. The topological polar surface area (TPSA) is 98.7 Å². The maximum atomic E-state index is 14.0. The lowest BCUT2D eigenvalue weighted by Gasteiger charge is -2.07. The van der Waals surface area contributed by atoms with Crippen LogP contribution in [0.5, 0.6) is 0 Å². The standard InChI is InChI=1S/C17H10F2N6O2/c18-12-4-2-1-3-11(12)16-8-15(22-27-16)17(26)21-14-7-10(5-6-13(14)19)25-9-20-23-24-25/h1-9H,(H,21,26). The smallest absolute Gasteiger partial charge is 0.277 e. The number of amides is 1. The predicted molar refractivity (Wildman–Crippen MR) is 89.0 cm³/mol. The lowest BCUT2D eigenvalue weighted by molar-refractivity contribution is 0.101. The van der Waals surface area contributed by atoms with E-state index >= 15 is 0 Å². The van der Waals surface area contributed by atoms with Crippen molar-refractivity contribution in [2.45, 2.75) is 0 Å². The Morgan fingerprint density at radius 3 is 2.70 bits per heavy atom. The first kappa shape index (κ1) is 16.5. The molecular weight excluding hydrogens is 358 g/mol. The van der Waals surface area contributed by atoms with Crippen molar-refractivity contribution in [1.82, 2.24) is 25.4 Å². The molecule has 4 aromatic rings. The highest BCUT2D eigenvalue weighted by Gasteiger charge is 2.17. The van der Waals surface area contributed by atoms with Crippen LogP contribution in [-0.2, 0) is 0 Å². The summed E-state index contributed by atoms with van der Waals surface area (Å²) in [5.74, 6) is -1.80. The van der Waals surface area contributed by atoms with E-state index in [1.165, 1.54) is 53.5 Å². The summed E-state index contributed by atoms with van der Waals surface area (Å²) < 4.78 is 34.2. The van der Waals surface area contributed by atoms with E-state index in [4.69, 9.17) is 4.52 Å². The number of tetrazole rings is 1. The minimum Gasteiger partial charge on any atom is -0.355 e. The van der Waals surface area contributed by atoms with Gasteiger partial charge in [-0.2, -0.15) is 0 Å².